The third kappa shape index (κ3) is 3.70. The van der Waals surface area contributed by atoms with Crippen molar-refractivity contribution in [3.63, 3.8) is 0 Å². The molecule has 1 spiro atoms. The van der Waals surface area contributed by atoms with Crippen LogP contribution in [0.2, 0.25) is 0 Å². The van der Waals surface area contributed by atoms with Crippen molar-refractivity contribution in [3.8, 4) is 0 Å². The maximum atomic E-state index is 13.0. The topological polar surface area (TPSA) is 55.9 Å². The Kier molecular flexibility index (Phi) is 5.13. The van der Waals surface area contributed by atoms with Gasteiger partial charge in [-0.2, -0.15) is 0 Å². The van der Waals surface area contributed by atoms with Crippen LogP contribution in [0.5, 0.6) is 0 Å². The third-order valence-corrected chi connectivity index (χ3v) is 6.56. The van der Waals surface area contributed by atoms with E-state index in [9.17, 15) is 9.59 Å². The molecule has 0 aromatic carbocycles. The van der Waals surface area contributed by atoms with E-state index in [0.29, 0.717) is 12.6 Å². The zero-order chi connectivity index (χ0) is 18.2. The first-order valence-electron chi connectivity index (χ1n) is 9.84. The van der Waals surface area contributed by atoms with Gasteiger partial charge in [0, 0.05) is 26.2 Å². The summed E-state index contributed by atoms with van der Waals surface area (Å²) in [6.45, 7) is 14.4. The Bertz CT molecular complexity index is 512. The number of carbonyl (C=O) groups excluding carboxylic acids is 2. The lowest BCUT2D eigenvalue weighted by Gasteiger charge is -2.40. The van der Waals surface area contributed by atoms with Crippen LogP contribution in [0.4, 0.5) is 4.79 Å². The minimum absolute atomic E-state index is 0.00257. The van der Waals surface area contributed by atoms with Gasteiger partial charge in [-0.25, -0.2) is 9.69 Å². The summed E-state index contributed by atoms with van der Waals surface area (Å²) in [5, 5.41) is 3.05. The van der Waals surface area contributed by atoms with Gasteiger partial charge in [-0.15, -0.1) is 0 Å². The summed E-state index contributed by atoms with van der Waals surface area (Å²) in [4.78, 5) is 31.6. The fraction of sp³-hybridized carbons (Fsp3) is 0.895. The smallest absolute Gasteiger partial charge is 0.323 e. The van der Waals surface area contributed by atoms with E-state index >= 15 is 0 Å². The molecule has 0 aromatic rings. The van der Waals surface area contributed by atoms with E-state index in [1.54, 1.807) is 0 Å². The quantitative estimate of drug-likeness (QED) is 0.792. The number of carbonyl (C=O) groups is 2. The van der Waals surface area contributed by atoms with Crippen LogP contribution in [-0.2, 0) is 4.79 Å². The molecule has 1 N–H and O–H groups in total. The number of urea groups is 1. The highest BCUT2D eigenvalue weighted by Crippen LogP contribution is 2.43. The predicted octanol–water partition coefficient (Wildman–Crippen LogP) is 2.11. The van der Waals surface area contributed by atoms with Gasteiger partial charge in [-0.05, 0) is 43.6 Å². The van der Waals surface area contributed by atoms with E-state index in [1.807, 2.05) is 0 Å². The van der Waals surface area contributed by atoms with Crippen molar-refractivity contribution < 1.29 is 9.59 Å². The van der Waals surface area contributed by atoms with Crippen molar-refractivity contribution in [2.24, 2.45) is 11.3 Å². The molecule has 1 saturated carbocycles. The van der Waals surface area contributed by atoms with Crippen molar-refractivity contribution in [3.05, 3.63) is 0 Å². The molecule has 2 heterocycles. The molecule has 6 nitrogen and oxygen atoms in total. The lowest BCUT2D eigenvalue weighted by Crippen LogP contribution is -2.53. The van der Waals surface area contributed by atoms with Crippen LogP contribution in [0.25, 0.3) is 0 Å². The van der Waals surface area contributed by atoms with Crippen LogP contribution in [0, 0.1) is 11.3 Å². The number of piperazine rings is 1. The van der Waals surface area contributed by atoms with Gasteiger partial charge in [-0.1, -0.05) is 27.7 Å². The molecule has 2 aliphatic heterocycles. The summed E-state index contributed by atoms with van der Waals surface area (Å²) in [7, 11) is 0. The van der Waals surface area contributed by atoms with Gasteiger partial charge in [-0.3, -0.25) is 9.69 Å². The first-order valence-corrected chi connectivity index (χ1v) is 9.84. The van der Waals surface area contributed by atoms with Gasteiger partial charge >= 0.3 is 6.03 Å². The van der Waals surface area contributed by atoms with Gasteiger partial charge in [0.15, 0.2) is 0 Å². The van der Waals surface area contributed by atoms with Crippen LogP contribution in [0.1, 0.15) is 53.4 Å². The van der Waals surface area contributed by atoms with E-state index in [1.165, 1.54) is 4.90 Å². The number of likely N-dealkylation sites (N-methyl/N-ethyl adjacent to an activating group) is 1. The average Bonchev–Trinajstić information content (AvgIpc) is 2.79. The van der Waals surface area contributed by atoms with Gasteiger partial charge in [0.05, 0.1) is 6.67 Å². The van der Waals surface area contributed by atoms with E-state index in [4.69, 9.17) is 0 Å². The van der Waals surface area contributed by atoms with Crippen LogP contribution in [0.3, 0.4) is 0 Å². The second kappa shape index (κ2) is 6.88. The standard InChI is InChI=1S/C19H34N4O2/c1-5-21-10-12-22(13-11-21)14-23-16(24)19(20-17(23)25)8-6-15(7-9-19)18(2,3)4/h15H,5-14H2,1-4H3,(H,20,25). The monoisotopic (exact) mass is 350 g/mol. The molecule has 0 bridgehead atoms. The Hall–Kier alpha value is -1.14. The minimum Gasteiger partial charge on any atom is -0.323 e. The maximum absolute atomic E-state index is 13.0. The molecule has 1 aliphatic carbocycles. The SMILES string of the molecule is CCN1CCN(CN2C(=O)NC3(CCC(C(C)(C)C)CC3)C2=O)CC1. The first-order chi connectivity index (χ1) is 11.7. The van der Waals surface area contributed by atoms with Crippen molar-refractivity contribution in [2.75, 3.05) is 39.4 Å². The molecular weight excluding hydrogens is 316 g/mol. The van der Waals surface area contributed by atoms with Crippen LogP contribution in [-0.4, -0.2) is 71.6 Å². The summed E-state index contributed by atoms with van der Waals surface area (Å²) < 4.78 is 0. The predicted molar refractivity (Wildman–Crippen MR) is 98.1 cm³/mol. The molecule has 0 radical (unpaired) electrons. The highest BCUT2D eigenvalue weighted by molar-refractivity contribution is 6.07. The van der Waals surface area contributed by atoms with Crippen LogP contribution >= 0.6 is 0 Å². The van der Waals surface area contributed by atoms with Gasteiger partial charge in [0.2, 0.25) is 0 Å². The van der Waals surface area contributed by atoms with Gasteiger partial charge in [0.1, 0.15) is 5.54 Å². The average molecular weight is 351 g/mol. The summed E-state index contributed by atoms with van der Waals surface area (Å²) in [6.07, 6.45) is 3.58. The Labute approximate surface area is 151 Å². The number of rotatable bonds is 3. The first kappa shape index (κ1) is 18.6. The van der Waals surface area contributed by atoms with E-state index in [0.717, 1.165) is 58.4 Å². The normalized spacial score (nSPS) is 32.5. The van der Waals surface area contributed by atoms with Crippen molar-refractivity contribution in [1.29, 1.82) is 0 Å². The molecule has 25 heavy (non-hydrogen) atoms. The third-order valence-electron chi connectivity index (χ3n) is 6.56. The summed E-state index contributed by atoms with van der Waals surface area (Å²) >= 11 is 0. The molecule has 3 amide bonds. The fourth-order valence-corrected chi connectivity index (χ4v) is 4.57. The number of hydrogen-bond donors (Lipinski definition) is 1. The van der Waals surface area contributed by atoms with Crippen LogP contribution < -0.4 is 5.32 Å². The highest BCUT2D eigenvalue weighted by Gasteiger charge is 2.53. The minimum atomic E-state index is -0.635. The molecule has 3 rings (SSSR count). The molecule has 2 saturated heterocycles. The molecule has 6 heteroatoms. The van der Waals surface area contributed by atoms with Crippen molar-refractivity contribution in [2.45, 2.75) is 58.9 Å². The summed E-state index contributed by atoms with van der Waals surface area (Å²) in [5.41, 5.74) is -0.365. The Morgan fingerprint density at radius 1 is 1.04 bits per heavy atom. The molecule has 142 valence electrons. The van der Waals surface area contributed by atoms with Crippen molar-refractivity contribution >= 4 is 11.9 Å². The number of nitrogens with one attached hydrogen (secondary N) is 1. The zero-order valence-corrected chi connectivity index (χ0v) is 16.3. The zero-order valence-electron chi connectivity index (χ0n) is 16.3. The van der Waals surface area contributed by atoms with Crippen molar-refractivity contribution in [1.82, 2.24) is 20.0 Å². The number of amides is 3. The van der Waals surface area contributed by atoms with E-state index in [2.05, 4.69) is 42.8 Å². The molecule has 0 unspecified atom stereocenters. The molecule has 3 fully saturated rings. The lowest BCUT2D eigenvalue weighted by atomic mass is 9.67. The Morgan fingerprint density at radius 2 is 1.60 bits per heavy atom. The Morgan fingerprint density at radius 3 is 2.12 bits per heavy atom. The number of imide groups is 1. The van der Waals surface area contributed by atoms with Crippen LogP contribution in [0.15, 0.2) is 0 Å². The summed E-state index contributed by atoms with van der Waals surface area (Å²) in [6, 6.07) is -0.197. The highest BCUT2D eigenvalue weighted by atomic mass is 16.2. The summed E-state index contributed by atoms with van der Waals surface area (Å²) in [5.74, 6) is 0.627. The van der Waals surface area contributed by atoms with E-state index < -0.39 is 5.54 Å². The largest absolute Gasteiger partial charge is 0.326 e. The molecule has 0 atom stereocenters. The second-order valence-corrected chi connectivity index (χ2v) is 9.08. The molecule has 3 aliphatic rings. The Balaban J connectivity index is 1.60. The molecular formula is C19H34N4O2. The lowest BCUT2D eigenvalue weighted by molar-refractivity contribution is -0.134. The fourth-order valence-electron chi connectivity index (χ4n) is 4.57. The van der Waals surface area contributed by atoms with Gasteiger partial charge in [0.25, 0.3) is 5.91 Å². The maximum Gasteiger partial charge on any atom is 0.326 e. The second-order valence-electron chi connectivity index (χ2n) is 9.08. The molecule has 0 aromatic heterocycles. The van der Waals surface area contributed by atoms with Gasteiger partial charge < -0.3 is 10.2 Å². The van der Waals surface area contributed by atoms with E-state index in [-0.39, 0.29) is 17.4 Å². The number of nitrogens with zero attached hydrogens (tertiary/aromatic N) is 3. The number of hydrogen-bond acceptors (Lipinski definition) is 4.